The summed E-state index contributed by atoms with van der Waals surface area (Å²) in [7, 11) is 0. The molecular formula is C13H15ClN2O3. The highest BCUT2D eigenvalue weighted by Crippen LogP contribution is 2.45. The average molecular weight is 283 g/mol. The van der Waals surface area contributed by atoms with E-state index in [0.717, 1.165) is 5.56 Å². The Kier molecular flexibility index (Phi) is 3.95. The lowest BCUT2D eigenvalue weighted by Gasteiger charge is -2.12. The standard InChI is InChI=1S/C13H15ClN2O3/c14-10-4-2-1-3-9(10)7-15-12(19)16-8-13(5-6-13)11(17)18/h1-4H,5-8H2,(H,17,18)(H2,15,16,19). The molecule has 1 saturated carbocycles. The van der Waals surface area contributed by atoms with Gasteiger partial charge in [0, 0.05) is 18.1 Å². The molecule has 1 aromatic carbocycles. The summed E-state index contributed by atoms with van der Waals surface area (Å²) in [6.07, 6.45) is 1.24. The first-order chi connectivity index (χ1) is 9.03. The van der Waals surface area contributed by atoms with Crippen molar-refractivity contribution in [3.05, 3.63) is 34.9 Å². The summed E-state index contributed by atoms with van der Waals surface area (Å²) in [6.45, 7) is 0.474. The van der Waals surface area contributed by atoms with Crippen molar-refractivity contribution < 1.29 is 14.7 Å². The maximum absolute atomic E-state index is 11.6. The number of carboxylic acids is 1. The molecule has 19 heavy (non-hydrogen) atoms. The molecule has 0 spiro atoms. The highest BCUT2D eigenvalue weighted by atomic mass is 35.5. The molecule has 1 aromatic rings. The predicted octanol–water partition coefficient (Wildman–Crippen LogP) is 2.00. The van der Waals surface area contributed by atoms with Gasteiger partial charge in [0.1, 0.15) is 0 Å². The zero-order valence-corrected chi connectivity index (χ0v) is 11.0. The lowest BCUT2D eigenvalue weighted by molar-refractivity contribution is -0.143. The van der Waals surface area contributed by atoms with Gasteiger partial charge in [0.2, 0.25) is 0 Å². The maximum Gasteiger partial charge on any atom is 0.315 e. The zero-order valence-electron chi connectivity index (χ0n) is 10.3. The number of rotatable bonds is 5. The fraction of sp³-hybridized carbons (Fsp3) is 0.385. The number of aliphatic carboxylic acids is 1. The van der Waals surface area contributed by atoms with Crippen molar-refractivity contribution in [3.63, 3.8) is 0 Å². The number of amides is 2. The fourth-order valence-electron chi connectivity index (χ4n) is 1.75. The summed E-state index contributed by atoms with van der Waals surface area (Å²) in [5.41, 5.74) is 0.0699. The van der Waals surface area contributed by atoms with Crippen LogP contribution < -0.4 is 10.6 Å². The second kappa shape index (κ2) is 5.48. The van der Waals surface area contributed by atoms with Crippen LogP contribution in [-0.4, -0.2) is 23.7 Å². The third-order valence-electron chi connectivity index (χ3n) is 3.29. The van der Waals surface area contributed by atoms with E-state index in [9.17, 15) is 9.59 Å². The van der Waals surface area contributed by atoms with Gasteiger partial charge in [0.05, 0.1) is 5.41 Å². The lowest BCUT2D eigenvalue weighted by Crippen LogP contribution is -2.40. The van der Waals surface area contributed by atoms with Crippen LogP contribution in [0.4, 0.5) is 4.79 Å². The van der Waals surface area contributed by atoms with Crippen molar-refractivity contribution in [3.8, 4) is 0 Å². The Balaban J connectivity index is 1.77. The molecule has 1 aliphatic rings. The predicted molar refractivity (Wildman–Crippen MR) is 71.0 cm³/mol. The van der Waals surface area contributed by atoms with E-state index in [-0.39, 0.29) is 12.6 Å². The normalized spacial score (nSPS) is 15.6. The maximum atomic E-state index is 11.6. The van der Waals surface area contributed by atoms with Gasteiger partial charge in [0.15, 0.2) is 0 Å². The molecular weight excluding hydrogens is 268 g/mol. The Morgan fingerprint density at radius 1 is 1.26 bits per heavy atom. The van der Waals surface area contributed by atoms with Gasteiger partial charge in [-0.2, -0.15) is 0 Å². The molecule has 0 atom stereocenters. The molecule has 0 heterocycles. The van der Waals surface area contributed by atoms with E-state index in [4.69, 9.17) is 16.7 Å². The van der Waals surface area contributed by atoms with Crippen LogP contribution in [0.5, 0.6) is 0 Å². The largest absolute Gasteiger partial charge is 0.481 e. The van der Waals surface area contributed by atoms with Crippen LogP contribution in [0.2, 0.25) is 5.02 Å². The number of urea groups is 1. The summed E-state index contributed by atoms with van der Waals surface area (Å²) in [4.78, 5) is 22.5. The van der Waals surface area contributed by atoms with Crippen molar-refractivity contribution in [2.24, 2.45) is 5.41 Å². The molecule has 0 unspecified atom stereocenters. The summed E-state index contributed by atoms with van der Waals surface area (Å²) in [6, 6.07) is 6.84. The first-order valence-corrected chi connectivity index (χ1v) is 6.40. The van der Waals surface area contributed by atoms with Crippen LogP contribution in [0.15, 0.2) is 24.3 Å². The highest BCUT2D eigenvalue weighted by Gasteiger charge is 2.50. The number of nitrogens with one attached hydrogen (secondary N) is 2. The minimum absolute atomic E-state index is 0.163. The van der Waals surface area contributed by atoms with Crippen LogP contribution >= 0.6 is 11.6 Å². The van der Waals surface area contributed by atoms with Gasteiger partial charge in [-0.05, 0) is 24.5 Å². The molecule has 6 heteroatoms. The third-order valence-corrected chi connectivity index (χ3v) is 3.66. The van der Waals surface area contributed by atoms with Crippen molar-refractivity contribution in [2.45, 2.75) is 19.4 Å². The summed E-state index contributed by atoms with van der Waals surface area (Å²) < 4.78 is 0. The smallest absolute Gasteiger partial charge is 0.315 e. The average Bonchev–Trinajstić information content (AvgIpc) is 3.16. The van der Waals surface area contributed by atoms with Crippen LogP contribution in [-0.2, 0) is 11.3 Å². The van der Waals surface area contributed by atoms with Gasteiger partial charge in [-0.3, -0.25) is 4.79 Å². The molecule has 2 rings (SSSR count). The molecule has 0 bridgehead atoms. The van der Waals surface area contributed by atoms with Gasteiger partial charge < -0.3 is 15.7 Å². The van der Waals surface area contributed by atoms with Crippen LogP contribution in [0.1, 0.15) is 18.4 Å². The van der Waals surface area contributed by atoms with Gasteiger partial charge in [-0.15, -0.1) is 0 Å². The minimum atomic E-state index is -0.848. The zero-order chi connectivity index (χ0) is 13.9. The monoisotopic (exact) mass is 282 g/mol. The van der Waals surface area contributed by atoms with E-state index >= 15 is 0 Å². The molecule has 2 amide bonds. The number of carbonyl (C=O) groups is 2. The topological polar surface area (TPSA) is 78.4 Å². The lowest BCUT2D eigenvalue weighted by atomic mass is 10.1. The van der Waals surface area contributed by atoms with E-state index in [1.165, 1.54) is 0 Å². The number of benzene rings is 1. The molecule has 0 aromatic heterocycles. The Hall–Kier alpha value is -1.75. The van der Waals surface area contributed by atoms with Crippen molar-refractivity contribution in [1.82, 2.24) is 10.6 Å². The number of hydrogen-bond acceptors (Lipinski definition) is 2. The van der Waals surface area contributed by atoms with E-state index in [1.54, 1.807) is 6.07 Å². The third kappa shape index (κ3) is 3.38. The van der Waals surface area contributed by atoms with Crippen LogP contribution in [0.25, 0.3) is 0 Å². The number of halogens is 1. The SMILES string of the molecule is O=C(NCc1ccccc1Cl)NCC1(C(=O)O)CC1. The van der Waals surface area contributed by atoms with Crippen LogP contribution in [0.3, 0.4) is 0 Å². The van der Waals surface area contributed by atoms with Crippen molar-refractivity contribution >= 4 is 23.6 Å². The molecule has 0 radical (unpaired) electrons. The molecule has 1 aliphatic carbocycles. The Labute approximate surface area is 116 Å². The first-order valence-electron chi connectivity index (χ1n) is 6.02. The van der Waals surface area contributed by atoms with Crippen LogP contribution in [0, 0.1) is 5.41 Å². The Bertz CT molecular complexity index is 500. The Morgan fingerprint density at radius 2 is 1.95 bits per heavy atom. The summed E-state index contributed by atoms with van der Waals surface area (Å²) >= 11 is 5.96. The van der Waals surface area contributed by atoms with E-state index in [2.05, 4.69) is 10.6 Å². The number of carbonyl (C=O) groups excluding carboxylic acids is 1. The Morgan fingerprint density at radius 3 is 2.53 bits per heavy atom. The molecule has 102 valence electrons. The highest BCUT2D eigenvalue weighted by molar-refractivity contribution is 6.31. The van der Waals surface area contributed by atoms with Crippen molar-refractivity contribution in [1.29, 1.82) is 0 Å². The fourth-order valence-corrected chi connectivity index (χ4v) is 1.95. The molecule has 1 fully saturated rings. The summed E-state index contributed by atoms with van der Waals surface area (Å²) in [5.74, 6) is -0.848. The molecule has 0 aliphatic heterocycles. The van der Waals surface area contributed by atoms with E-state index in [1.807, 2.05) is 18.2 Å². The van der Waals surface area contributed by atoms with E-state index in [0.29, 0.717) is 24.4 Å². The molecule has 0 saturated heterocycles. The quantitative estimate of drug-likeness (QED) is 0.773. The van der Waals surface area contributed by atoms with E-state index < -0.39 is 11.4 Å². The summed E-state index contributed by atoms with van der Waals surface area (Å²) in [5, 5.41) is 14.8. The number of carboxylic acid groups (broad SMARTS) is 1. The number of hydrogen-bond donors (Lipinski definition) is 3. The van der Waals surface area contributed by atoms with Gasteiger partial charge in [-0.1, -0.05) is 29.8 Å². The van der Waals surface area contributed by atoms with Crippen molar-refractivity contribution in [2.75, 3.05) is 6.54 Å². The minimum Gasteiger partial charge on any atom is -0.481 e. The second-order valence-corrected chi connectivity index (χ2v) is 5.12. The first kappa shape index (κ1) is 13.7. The van der Waals surface area contributed by atoms with Gasteiger partial charge in [0.25, 0.3) is 0 Å². The van der Waals surface area contributed by atoms with Gasteiger partial charge in [-0.25, -0.2) is 4.79 Å². The molecule has 3 N–H and O–H groups in total. The second-order valence-electron chi connectivity index (χ2n) is 4.71. The molecule has 5 nitrogen and oxygen atoms in total. The van der Waals surface area contributed by atoms with Gasteiger partial charge >= 0.3 is 12.0 Å².